The van der Waals surface area contributed by atoms with Crippen LogP contribution in [0, 0.1) is 0 Å². The van der Waals surface area contributed by atoms with Crippen molar-refractivity contribution in [1.82, 2.24) is 4.72 Å². The third kappa shape index (κ3) is 3.35. The molecule has 0 amide bonds. The minimum atomic E-state index is 1.01. The first-order valence-electron chi connectivity index (χ1n) is 8.42. The molecule has 22 heavy (non-hydrogen) atoms. The lowest BCUT2D eigenvalue weighted by molar-refractivity contribution is 0.815. The Balaban J connectivity index is 1.61. The molecule has 2 N–H and O–H groups in total. The number of aryl methyl sites for hydroxylation is 2. The minimum absolute atomic E-state index is 1.01. The Morgan fingerprint density at radius 1 is 1.14 bits per heavy atom. The van der Waals surface area contributed by atoms with Crippen molar-refractivity contribution in [2.75, 3.05) is 4.72 Å². The molecule has 0 aliphatic heterocycles. The van der Waals surface area contributed by atoms with Crippen LogP contribution in [-0.2, 0) is 25.7 Å². The highest BCUT2D eigenvalue weighted by Gasteiger charge is 2.23. The summed E-state index contributed by atoms with van der Waals surface area (Å²) < 4.78 is 6.94. The van der Waals surface area contributed by atoms with E-state index in [2.05, 4.69) is 28.7 Å². The molecule has 2 aliphatic rings. The average molecular weight is 314 g/mol. The van der Waals surface area contributed by atoms with Gasteiger partial charge >= 0.3 is 0 Å². The molecule has 0 spiro atoms. The van der Waals surface area contributed by atoms with Gasteiger partial charge in [-0.15, -0.1) is 6.58 Å². The lowest BCUT2D eigenvalue weighted by Gasteiger charge is -2.17. The quantitative estimate of drug-likeness (QED) is 0.396. The van der Waals surface area contributed by atoms with Gasteiger partial charge in [0, 0.05) is 5.70 Å². The van der Waals surface area contributed by atoms with E-state index >= 15 is 0 Å². The second kappa shape index (κ2) is 7.28. The predicted molar refractivity (Wildman–Crippen MR) is 98.0 cm³/mol. The fourth-order valence-electron chi connectivity index (χ4n) is 3.60. The van der Waals surface area contributed by atoms with Crippen molar-refractivity contribution in [3.8, 4) is 0 Å². The Labute approximate surface area is 138 Å². The molecule has 0 radical (unpaired) electrons. The normalized spacial score (nSPS) is 15.3. The Kier molecular flexibility index (Phi) is 5.14. The number of hydrogen-bond donors (Lipinski definition) is 2. The molecule has 0 atom stereocenters. The summed E-state index contributed by atoms with van der Waals surface area (Å²) in [6, 6.07) is 2.47. The van der Waals surface area contributed by atoms with Gasteiger partial charge < -0.3 is 9.44 Å². The van der Waals surface area contributed by atoms with Crippen LogP contribution in [0.2, 0.25) is 0 Å². The van der Waals surface area contributed by atoms with E-state index in [1.807, 2.05) is 6.08 Å². The van der Waals surface area contributed by atoms with E-state index < -0.39 is 0 Å². The van der Waals surface area contributed by atoms with Crippen LogP contribution in [0.15, 0.2) is 31.0 Å². The number of allylic oxidation sites excluding steroid dienone is 2. The van der Waals surface area contributed by atoms with Gasteiger partial charge in [-0.2, -0.15) is 0 Å². The Morgan fingerprint density at radius 2 is 1.82 bits per heavy atom. The molecule has 1 aromatic rings. The molecule has 0 heterocycles. The maximum Gasteiger partial charge on any atom is 0.0653 e. The Morgan fingerprint density at radius 3 is 2.45 bits per heavy atom. The van der Waals surface area contributed by atoms with Gasteiger partial charge in [-0.1, -0.05) is 18.7 Å². The maximum atomic E-state index is 4.10. The zero-order valence-electron chi connectivity index (χ0n) is 13.3. The van der Waals surface area contributed by atoms with Crippen molar-refractivity contribution < 1.29 is 0 Å². The van der Waals surface area contributed by atoms with Crippen LogP contribution in [-0.4, -0.2) is 0 Å². The number of anilines is 1. The van der Waals surface area contributed by atoms with Gasteiger partial charge in [-0.05, 0) is 80.0 Å². The highest BCUT2D eigenvalue weighted by atomic mass is 32.2. The van der Waals surface area contributed by atoms with Crippen molar-refractivity contribution >= 4 is 17.8 Å². The molecule has 3 heteroatoms. The van der Waals surface area contributed by atoms with Gasteiger partial charge in [0.25, 0.3) is 0 Å². The number of benzene rings is 1. The fraction of sp³-hybridized carbons (Fsp3) is 0.474. The lowest BCUT2D eigenvalue weighted by Crippen LogP contribution is -2.08. The number of unbranched alkanes of at least 4 members (excludes halogenated alkanes) is 1. The van der Waals surface area contributed by atoms with Crippen LogP contribution in [0.5, 0.6) is 0 Å². The SMILES string of the molecule is C=CCCCC(=C)NSNc1c2c(cc3c1CCC3)CCC2. The first-order valence-corrected chi connectivity index (χ1v) is 9.24. The molecular formula is C19H26N2S. The van der Waals surface area contributed by atoms with Crippen LogP contribution < -0.4 is 9.44 Å². The van der Waals surface area contributed by atoms with E-state index in [0.29, 0.717) is 0 Å². The minimum Gasteiger partial charge on any atom is -0.317 e. The highest BCUT2D eigenvalue weighted by Crippen LogP contribution is 2.39. The average Bonchev–Trinajstić information content (AvgIpc) is 3.15. The highest BCUT2D eigenvalue weighted by molar-refractivity contribution is 7.98. The second-order valence-corrected chi connectivity index (χ2v) is 6.94. The Bertz CT molecular complexity index is 545. The summed E-state index contributed by atoms with van der Waals surface area (Å²) in [6.07, 6.45) is 12.7. The molecule has 2 aliphatic carbocycles. The molecular weight excluding hydrogens is 288 g/mol. The molecule has 118 valence electrons. The summed E-state index contributed by atoms with van der Waals surface area (Å²) in [5.74, 6) is 0. The van der Waals surface area contributed by atoms with E-state index in [1.54, 1.807) is 34.4 Å². The molecule has 2 nitrogen and oxygen atoms in total. The van der Waals surface area contributed by atoms with Crippen LogP contribution in [0.1, 0.15) is 54.4 Å². The fourth-order valence-corrected chi connectivity index (χ4v) is 4.24. The van der Waals surface area contributed by atoms with Crippen LogP contribution >= 0.6 is 12.1 Å². The van der Waals surface area contributed by atoms with Gasteiger partial charge in [-0.25, -0.2) is 0 Å². The third-order valence-corrected chi connectivity index (χ3v) is 5.41. The summed E-state index contributed by atoms with van der Waals surface area (Å²) in [5.41, 5.74) is 8.77. The maximum absolute atomic E-state index is 4.10. The lowest BCUT2D eigenvalue weighted by atomic mass is 9.99. The second-order valence-electron chi connectivity index (χ2n) is 6.32. The topological polar surface area (TPSA) is 24.1 Å². The molecule has 0 fully saturated rings. The van der Waals surface area contributed by atoms with Crippen molar-refractivity contribution in [2.24, 2.45) is 0 Å². The number of fused-ring (bicyclic) bond motifs is 2. The van der Waals surface area contributed by atoms with Gasteiger partial charge in [0.15, 0.2) is 0 Å². The van der Waals surface area contributed by atoms with Gasteiger partial charge in [-0.3, -0.25) is 0 Å². The molecule has 0 saturated carbocycles. The first-order chi connectivity index (χ1) is 10.8. The predicted octanol–water partition coefficient (Wildman–Crippen LogP) is 5.10. The largest absolute Gasteiger partial charge is 0.317 e. The monoisotopic (exact) mass is 314 g/mol. The first kappa shape index (κ1) is 15.5. The molecule has 0 bridgehead atoms. The summed E-state index contributed by atoms with van der Waals surface area (Å²) in [5, 5.41) is 0. The van der Waals surface area contributed by atoms with Crippen molar-refractivity contribution in [1.29, 1.82) is 0 Å². The molecule has 1 aromatic carbocycles. The number of rotatable bonds is 8. The van der Waals surface area contributed by atoms with E-state index in [0.717, 1.165) is 25.0 Å². The van der Waals surface area contributed by atoms with Crippen molar-refractivity contribution in [3.05, 3.63) is 53.3 Å². The standard InChI is InChI=1S/C19H26N2S/c1-3-4-5-8-14(2)20-22-21-19-17-11-6-9-15(17)13-16-10-7-12-18(16)19/h3,13,20-21H,1-2,4-12H2. The van der Waals surface area contributed by atoms with Crippen LogP contribution in [0.4, 0.5) is 5.69 Å². The van der Waals surface area contributed by atoms with Gasteiger partial charge in [0.05, 0.1) is 17.8 Å². The molecule has 0 saturated heterocycles. The number of nitrogens with one attached hydrogen (secondary N) is 2. The summed E-state index contributed by atoms with van der Waals surface area (Å²) in [6.45, 7) is 7.85. The van der Waals surface area contributed by atoms with E-state index in [1.165, 1.54) is 44.2 Å². The summed E-state index contributed by atoms with van der Waals surface area (Å²) in [7, 11) is 0. The zero-order valence-corrected chi connectivity index (χ0v) is 14.2. The van der Waals surface area contributed by atoms with E-state index in [4.69, 9.17) is 0 Å². The number of hydrogen-bond acceptors (Lipinski definition) is 3. The smallest absolute Gasteiger partial charge is 0.0653 e. The third-order valence-electron chi connectivity index (χ3n) is 4.71. The zero-order chi connectivity index (χ0) is 15.4. The molecule has 0 unspecified atom stereocenters. The summed E-state index contributed by atoms with van der Waals surface area (Å²) in [4.78, 5) is 0. The molecule has 0 aromatic heterocycles. The van der Waals surface area contributed by atoms with E-state index in [-0.39, 0.29) is 0 Å². The van der Waals surface area contributed by atoms with Gasteiger partial charge in [0.2, 0.25) is 0 Å². The van der Waals surface area contributed by atoms with Gasteiger partial charge in [0.1, 0.15) is 0 Å². The van der Waals surface area contributed by atoms with Crippen LogP contribution in [0.25, 0.3) is 0 Å². The Hall–Kier alpha value is -1.35. The van der Waals surface area contributed by atoms with E-state index in [9.17, 15) is 0 Å². The van der Waals surface area contributed by atoms with Crippen LogP contribution in [0.3, 0.4) is 0 Å². The molecule has 3 rings (SSSR count). The van der Waals surface area contributed by atoms with Crippen molar-refractivity contribution in [2.45, 2.75) is 57.8 Å². The summed E-state index contributed by atoms with van der Waals surface area (Å²) >= 11 is 1.58. The van der Waals surface area contributed by atoms with Crippen molar-refractivity contribution in [3.63, 3.8) is 0 Å².